The van der Waals surface area contributed by atoms with E-state index < -0.39 is 18.6 Å². The molecule has 0 unspecified atom stereocenters. The topological polar surface area (TPSA) is 26.0 Å². The molecular formula is C9H7Cl3F3N. The molecule has 0 fully saturated rings. The van der Waals surface area contributed by atoms with E-state index in [1.165, 1.54) is 12.1 Å². The van der Waals surface area contributed by atoms with Crippen LogP contribution in [0.1, 0.15) is 18.0 Å². The molecule has 7 heteroatoms. The lowest BCUT2D eigenvalue weighted by Gasteiger charge is -2.16. The SMILES string of the molecule is N[C@@H](CC(F)(F)F)c1cc(Cl)cc(Cl)c1Cl. The maximum atomic E-state index is 12.1. The van der Waals surface area contributed by atoms with E-state index in [9.17, 15) is 13.2 Å². The lowest BCUT2D eigenvalue weighted by atomic mass is 10.0. The van der Waals surface area contributed by atoms with Gasteiger partial charge in [-0.25, -0.2) is 0 Å². The van der Waals surface area contributed by atoms with Crippen LogP contribution in [0.2, 0.25) is 15.1 Å². The zero-order chi connectivity index (χ0) is 12.5. The van der Waals surface area contributed by atoms with Crippen molar-refractivity contribution in [1.82, 2.24) is 0 Å². The first-order valence-corrected chi connectivity index (χ1v) is 5.31. The van der Waals surface area contributed by atoms with Gasteiger partial charge in [0.2, 0.25) is 0 Å². The maximum Gasteiger partial charge on any atom is 0.390 e. The van der Waals surface area contributed by atoms with Crippen molar-refractivity contribution in [2.75, 3.05) is 0 Å². The van der Waals surface area contributed by atoms with Gasteiger partial charge in [0.15, 0.2) is 0 Å². The van der Waals surface area contributed by atoms with Gasteiger partial charge in [-0.15, -0.1) is 0 Å². The van der Waals surface area contributed by atoms with Crippen molar-refractivity contribution in [3.8, 4) is 0 Å². The minimum Gasteiger partial charge on any atom is -0.324 e. The number of benzene rings is 1. The summed E-state index contributed by atoms with van der Waals surface area (Å²) in [5.74, 6) is 0. The number of hydrogen-bond acceptors (Lipinski definition) is 1. The van der Waals surface area contributed by atoms with Gasteiger partial charge in [-0.2, -0.15) is 13.2 Å². The van der Waals surface area contributed by atoms with Crippen LogP contribution in [-0.4, -0.2) is 6.18 Å². The second kappa shape index (κ2) is 5.00. The van der Waals surface area contributed by atoms with Gasteiger partial charge in [0.1, 0.15) is 0 Å². The molecule has 16 heavy (non-hydrogen) atoms. The average molecular weight is 293 g/mol. The molecule has 0 aromatic heterocycles. The van der Waals surface area contributed by atoms with Crippen LogP contribution in [0.15, 0.2) is 12.1 Å². The Morgan fingerprint density at radius 2 is 1.75 bits per heavy atom. The molecule has 0 aliphatic rings. The predicted molar refractivity (Wildman–Crippen MR) is 59.1 cm³/mol. The van der Waals surface area contributed by atoms with Crippen molar-refractivity contribution < 1.29 is 13.2 Å². The minimum atomic E-state index is -4.36. The van der Waals surface area contributed by atoms with E-state index in [0.29, 0.717) is 0 Å². The van der Waals surface area contributed by atoms with Gasteiger partial charge in [0.25, 0.3) is 0 Å². The maximum absolute atomic E-state index is 12.1. The molecular weight excluding hydrogens is 285 g/mol. The highest BCUT2D eigenvalue weighted by Crippen LogP contribution is 2.36. The first kappa shape index (κ1) is 13.9. The molecule has 0 aliphatic heterocycles. The van der Waals surface area contributed by atoms with Crippen LogP contribution in [0, 0.1) is 0 Å². The van der Waals surface area contributed by atoms with Crippen molar-refractivity contribution in [2.24, 2.45) is 5.73 Å². The zero-order valence-corrected chi connectivity index (χ0v) is 10.1. The molecule has 90 valence electrons. The van der Waals surface area contributed by atoms with Gasteiger partial charge in [-0.3, -0.25) is 0 Å². The molecule has 0 aliphatic carbocycles. The van der Waals surface area contributed by atoms with E-state index in [4.69, 9.17) is 40.5 Å². The van der Waals surface area contributed by atoms with Crippen LogP contribution in [0.4, 0.5) is 13.2 Å². The Morgan fingerprint density at radius 3 is 2.25 bits per heavy atom. The number of hydrogen-bond donors (Lipinski definition) is 1. The van der Waals surface area contributed by atoms with Gasteiger partial charge in [-0.05, 0) is 17.7 Å². The van der Waals surface area contributed by atoms with E-state index >= 15 is 0 Å². The second-order valence-corrected chi connectivity index (χ2v) is 4.44. The Labute approximate surface area is 105 Å². The minimum absolute atomic E-state index is 0.00261. The summed E-state index contributed by atoms with van der Waals surface area (Å²) in [5, 5.41) is 0.284. The molecule has 0 saturated heterocycles. The summed E-state index contributed by atoms with van der Waals surface area (Å²) in [5.41, 5.74) is 5.49. The van der Waals surface area contributed by atoms with Crippen LogP contribution in [0.3, 0.4) is 0 Å². The molecule has 1 rings (SSSR count). The number of halogens is 6. The van der Waals surface area contributed by atoms with Gasteiger partial charge in [-0.1, -0.05) is 34.8 Å². The van der Waals surface area contributed by atoms with Crippen molar-refractivity contribution >= 4 is 34.8 Å². The summed E-state index contributed by atoms with van der Waals surface area (Å²) in [6.45, 7) is 0. The largest absolute Gasteiger partial charge is 0.390 e. The van der Waals surface area contributed by atoms with E-state index in [2.05, 4.69) is 0 Å². The third kappa shape index (κ3) is 3.70. The molecule has 0 amide bonds. The first-order chi connectivity index (χ1) is 7.20. The monoisotopic (exact) mass is 291 g/mol. The highest BCUT2D eigenvalue weighted by molar-refractivity contribution is 6.43. The Hall–Kier alpha value is -0.160. The van der Waals surface area contributed by atoms with Gasteiger partial charge in [0, 0.05) is 11.1 Å². The van der Waals surface area contributed by atoms with E-state index in [1.54, 1.807) is 0 Å². The Balaban J connectivity index is 3.04. The summed E-state index contributed by atoms with van der Waals surface area (Å²) >= 11 is 17.1. The van der Waals surface area contributed by atoms with Crippen molar-refractivity contribution in [2.45, 2.75) is 18.6 Å². The lowest BCUT2D eigenvalue weighted by Crippen LogP contribution is -2.20. The Morgan fingerprint density at radius 1 is 1.19 bits per heavy atom. The van der Waals surface area contributed by atoms with Crippen LogP contribution in [0.25, 0.3) is 0 Å². The highest BCUT2D eigenvalue weighted by Gasteiger charge is 2.32. The lowest BCUT2D eigenvalue weighted by molar-refractivity contribution is -0.138. The smallest absolute Gasteiger partial charge is 0.324 e. The van der Waals surface area contributed by atoms with E-state index in [-0.39, 0.29) is 20.6 Å². The second-order valence-electron chi connectivity index (χ2n) is 3.22. The Bertz CT molecular complexity index is 392. The zero-order valence-electron chi connectivity index (χ0n) is 7.78. The number of alkyl halides is 3. The molecule has 1 atom stereocenters. The summed E-state index contributed by atoms with van der Waals surface area (Å²) in [6.07, 6.45) is -5.54. The predicted octanol–water partition coefficient (Wildman–Crippen LogP) is 4.60. The molecule has 0 saturated carbocycles. The molecule has 0 heterocycles. The summed E-state index contributed by atoms with van der Waals surface area (Å²) in [6, 6.07) is 1.35. The van der Waals surface area contributed by atoms with Crippen LogP contribution < -0.4 is 5.73 Å². The van der Waals surface area contributed by atoms with E-state index in [1.807, 2.05) is 0 Å². The fourth-order valence-electron chi connectivity index (χ4n) is 1.21. The van der Waals surface area contributed by atoms with Crippen molar-refractivity contribution in [3.63, 3.8) is 0 Å². The first-order valence-electron chi connectivity index (χ1n) is 4.17. The molecule has 2 N–H and O–H groups in total. The number of rotatable bonds is 2. The van der Waals surface area contributed by atoms with E-state index in [0.717, 1.165) is 0 Å². The Kier molecular flexibility index (Phi) is 4.35. The van der Waals surface area contributed by atoms with Crippen LogP contribution >= 0.6 is 34.8 Å². The van der Waals surface area contributed by atoms with Crippen LogP contribution in [-0.2, 0) is 0 Å². The molecule has 0 spiro atoms. The van der Waals surface area contributed by atoms with Gasteiger partial charge in [0.05, 0.1) is 16.5 Å². The molecule has 1 aromatic rings. The molecule has 1 aromatic carbocycles. The van der Waals surface area contributed by atoms with Gasteiger partial charge < -0.3 is 5.73 Å². The third-order valence-corrected chi connectivity index (χ3v) is 2.91. The van der Waals surface area contributed by atoms with Gasteiger partial charge >= 0.3 is 6.18 Å². The number of nitrogens with two attached hydrogens (primary N) is 1. The highest BCUT2D eigenvalue weighted by atomic mass is 35.5. The quantitative estimate of drug-likeness (QED) is 0.792. The summed E-state index contributed by atoms with van der Waals surface area (Å²) in [4.78, 5) is 0. The molecule has 0 bridgehead atoms. The summed E-state index contributed by atoms with van der Waals surface area (Å²) in [7, 11) is 0. The third-order valence-electron chi connectivity index (χ3n) is 1.87. The fourth-order valence-corrected chi connectivity index (χ4v) is 1.96. The van der Waals surface area contributed by atoms with Crippen molar-refractivity contribution in [1.29, 1.82) is 0 Å². The molecule has 0 radical (unpaired) electrons. The average Bonchev–Trinajstić information content (AvgIpc) is 2.08. The van der Waals surface area contributed by atoms with Crippen LogP contribution in [0.5, 0.6) is 0 Å². The molecule has 1 nitrogen and oxygen atoms in total. The summed E-state index contributed by atoms with van der Waals surface area (Å²) < 4.78 is 36.4. The standard InChI is InChI=1S/C9H7Cl3F3N/c10-4-1-5(8(12)6(11)2-4)7(16)3-9(13,14)15/h1-2,7H,3,16H2/t7-/m0/s1. The normalized spacial score (nSPS) is 13.9. The fraction of sp³-hybridized carbons (Fsp3) is 0.333. The van der Waals surface area contributed by atoms with Crippen molar-refractivity contribution in [3.05, 3.63) is 32.8 Å².